The maximum atomic E-state index is 12.4. The van der Waals surface area contributed by atoms with Crippen LogP contribution < -0.4 is 3.98 Å². The third-order valence-electron chi connectivity index (χ3n) is 3.17. The van der Waals surface area contributed by atoms with E-state index in [1.807, 2.05) is 0 Å². The summed E-state index contributed by atoms with van der Waals surface area (Å²) in [5.74, 6) is -0.0956. The Morgan fingerprint density at radius 1 is 1.00 bits per heavy atom. The minimum Gasteiger partial charge on any atom is -0.288 e. The Hall–Kier alpha value is -1.59. The predicted octanol–water partition coefficient (Wildman–Crippen LogP) is 3.29. The van der Waals surface area contributed by atoms with Gasteiger partial charge >= 0.3 is 0 Å². The van der Waals surface area contributed by atoms with Crippen LogP contribution in [0.25, 0.3) is 0 Å². The van der Waals surface area contributed by atoms with Crippen LogP contribution in [0.15, 0.2) is 29.3 Å². The van der Waals surface area contributed by atoms with Gasteiger partial charge in [0.25, 0.3) is 0 Å². The molecule has 0 unspecified atom stereocenters. The van der Waals surface area contributed by atoms with E-state index in [-0.39, 0.29) is 11.6 Å². The molecule has 20 heavy (non-hydrogen) atoms. The minimum atomic E-state index is -0.0478. The van der Waals surface area contributed by atoms with Crippen LogP contribution in [-0.2, 0) is 0 Å². The molecule has 0 atom stereocenters. The Bertz CT molecular complexity index is 700. The van der Waals surface area contributed by atoms with Gasteiger partial charge in [-0.2, -0.15) is 0 Å². The van der Waals surface area contributed by atoms with Gasteiger partial charge < -0.3 is 0 Å². The van der Waals surface area contributed by atoms with E-state index >= 15 is 0 Å². The summed E-state index contributed by atoms with van der Waals surface area (Å²) in [5, 5.41) is 0. The lowest BCUT2D eigenvalue weighted by atomic mass is 9.93. The van der Waals surface area contributed by atoms with Crippen LogP contribution in [0, 0.1) is 0 Å². The minimum absolute atomic E-state index is 0.0478. The van der Waals surface area contributed by atoms with Crippen molar-refractivity contribution in [3.05, 3.63) is 49.1 Å². The first-order valence-corrected chi connectivity index (χ1v) is 8.18. The molecule has 0 fully saturated rings. The number of rotatable bonds is 3. The number of nitrogens with zero attached hydrogens (tertiary/aromatic N) is 1. The average Bonchev–Trinajstić information content (AvgIpc) is 2.90. The second-order valence-electron chi connectivity index (χ2n) is 4.57. The lowest BCUT2D eigenvalue weighted by molar-refractivity contribution is 0.0985. The maximum Gasteiger partial charge on any atom is 0.205 e. The fourth-order valence-electron chi connectivity index (χ4n) is 2.10. The third-order valence-corrected chi connectivity index (χ3v) is 5.59. The molecule has 0 bridgehead atoms. The second kappa shape index (κ2) is 5.42. The highest BCUT2D eigenvalue weighted by Gasteiger charge is 2.31. The molecule has 1 aliphatic carbocycles. The monoisotopic (exact) mass is 303 g/mol. The van der Waals surface area contributed by atoms with Crippen molar-refractivity contribution < 1.29 is 9.59 Å². The highest BCUT2D eigenvalue weighted by Crippen LogP contribution is 2.31. The van der Waals surface area contributed by atoms with Gasteiger partial charge in [0.15, 0.2) is 3.98 Å². The Kier molecular flexibility index (Phi) is 3.63. The first-order valence-electron chi connectivity index (χ1n) is 6.55. The number of carbonyl (C=O) groups excluding carboxylic acids is 2. The van der Waals surface area contributed by atoms with E-state index in [4.69, 9.17) is 0 Å². The van der Waals surface area contributed by atoms with Crippen LogP contribution in [0.2, 0.25) is 0 Å². The molecule has 0 spiro atoms. The van der Waals surface area contributed by atoms with Crippen molar-refractivity contribution in [3.8, 4) is 0 Å². The highest BCUT2D eigenvalue weighted by molar-refractivity contribution is 7.30. The van der Waals surface area contributed by atoms with Crippen LogP contribution in [0.4, 0.5) is 0 Å². The number of ketones is 2. The van der Waals surface area contributed by atoms with E-state index in [1.165, 1.54) is 22.7 Å². The van der Waals surface area contributed by atoms with Gasteiger partial charge in [0.2, 0.25) is 11.6 Å². The fourth-order valence-corrected chi connectivity index (χ4v) is 4.46. The Morgan fingerprint density at radius 3 is 2.05 bits per heavy atom. The zero-order chi connectivity index (χ0) is 14.1. The molecule has 5 heteroatoms. The molecule has 1 aromatic heterocycles. The summed E-state index contributed by atoms with van der Waals surface area (Å²) in [6, 6.07) is 7.02. The van der Waals surface area contributed by atoms with Gasteiger partial charge in [-0.3, -0.25) is 14.6 Å². The molecule has 0 aliphatic heterocycles. The number of hydrogen-bond donors (Lipinski definition) is 0. The van der Waals surface area contributed by atoms with Crippen LogP contribution >= 0.6 is 22.7 Å². The molecule has 1 aliphatic rings. The highest BCUT2D eigenvalue weighted by atomic mass is 32.2. The summed E-state index contributed by atoms with van der Waals surface area (Å²) in [6.07, 6.45) is 2.11. The van der Waals surface area contributed by atoms with Gasteiger partial charge in [-0.25, -0.2) is 0 Å². The van der Waals surface area contributed by atoms with Crippen LogP contribution in [0.1, 0.15) is 50.2 Å². The second-order valence-corrected chi connectivity index (χ2v) is 6.82. The third kappa shape index (κ3) is 2.17. The van der Waals surface area contributed by atoms with Crippen molar-refractivity contribution in [3.63, 3.8) is 0 Å². The van der Waals surface area contributed by atoms with Gasteiger partial charge in [0.1, 0.15) is 0 Å². The Morgan fingerprint density at radius 2 is 1.55 bits per heavy atom. The lowest BCUT2D eigenvalue weighted by Crippen LogP contribution is -2.17. The van der Waals surface area contributed by atoms with E-state index in [1.54, 1.807) is 24.3 Å². The molecule has 2 aromatic rings. The van der Waals surface area contributed by atoms with Crippen molar-refractivity contribution in [2.24, 2.45) is 4.99 Å². The summed E-state index contributed by atoms with van der Waals surface area (Å²) in [6.45, 7) is 2.86. The van der Waals surface area contributed by atoms with E-state index in [2.05, 4.69) is 11.9 Å². The van der Waals surface area contributed by atoms with Gasteiger partial charge in [-0.15, -0.1) is 22.7 Å². The molecule has 1 aromatic carbocycles. The van der Waals surface area contributed by atoms with Crippen LogP contribution in [0.3, 0.4) is 0 Å². The average molecular weight is 303 g/mol. The summed E-state index contributed by atoms with van der Waals surface area (Å²) in [7, 11) is 0. The summed E-state index contributed by atoms with van der Waals surface area (Å²) in [4.78, 5) is 30.4. The topological polar surface area (TPSA) is 46.5 Å². The van der Waals surface area contributed by atoms with Crippen molar-refractivity contribution >= 4 is 34.2 Å². The molecule has 0 radical (unpaired) electrons. The molecule has 0 saturated carbocycles. The lowest BCUT2D eigenvalue weighted by Gasteiger charge is -2.12. The summed E-state index contributed by atoms with van der Waals surface area (Å²) >= 11 is 2.69. The molecule has 0 saturated heterocycles. The van der Waals surface area contributed by atoms with E-state index in [0.717, 1.165) is 23.4 Å². The van der Waals surface area contributed by atoms with Gasteiger partial charge in [-0.05, 0) is 6.42 Å². The first-order chi connectivity index (χ1) is 9.72. The summed E-state index contributed by atoms with van der Waals surface area (Å²) in [5.41, 5.74) is 1.03. The van der Waals surface area contributed by atoms with Crippen molar-refractivity contribution in [2.45, 2.75) is 19.8 Å². The number of unbranched alkanes of at least 4 members (excludes halogenated alkanes) is 1. The molecule has 102 valence electrons. The van der Waals surface area contributed by atoms with E-state index < -0.39 is 0 Å². The number of carbonyl (C=O) groups is 2. The van der Waals surface area contributed by atoms with E-state index in [9.17, 15) is 9.59 Å². The molecule has 0 N–H and O–H groups in total. The predicted molar refractivity (Wildman–Crippen MR) is 80.8 cm³/mol. The van der Waals surface area contributed by atoms with Crippen LogP contribution in [0.5, 0.6) is 0 Å². The van der Waals surface area contributed by atoms with Crippen molar-refractivity contribution in [1.82, 2.24) is 0 Å². The molecular weight excluding hydrogens is 290 g/mol. The van der Waals surface area contributed by atoms with Gasteiger partial charge in [-0.1, -0.05) is 37.6 Å². The summed E-state index contributed by atoms with van der Waals surface area (Å²) < 4.78 is 0.818. The normalized spacial score (nSPS) is 13.1. The largest absolute Gasteiger partial charge is 0.288 e. The van der Waals surface area contributed by atoms with Crippen molar-refractivity contribution in [1.29, 1.82) is 0 Å². The molecule has 3 rings (SSSR count). The fraction of sp³-hybridized carbons (Fsp3) is 0.267. The zero-order valence-corrected chi connectivity index (χ0v) is 12.6. The quantitative estimate of drug-likeness (QED) is 0.697. The molecular formula is C15H13NO2S2. The number of benzene rings is 1. The maximum absolute atomic E-state index is 12.4. The number of fused-ring (bicyclic) bond motifs is 2. The molecule has 1 heterocycles. The van der Waals surface area contributed by atoms with Crippen LogP contribution in [-0.4, -0.2) is 18.1 Å². The molecule has 0 amide bonds. The molecule has 3 nitrogen and oxygen atoms in total. The zero-order valence-electron chi connectivity index (χ0n) is 11.0. The van der Waals surface area contributed by atoms with E-state index in [0.29, 0.717) is 20.9 Å². The smallest absolute Gasteiger partial charge is 0.205 e. The Balaban J connectivity index is 2.08. The Labute approximate surface area is 124 Å². The van der Waals surface area contributed by atoms with Gasteiger partial charge in [0.05, 0.1) is 9.75 Å². The van der Waals surface area contributed by atoms with Gasteiger partial charge in [0, 0.05) is 17.7 Å². The SMILES string of the molecule is CCCCN=c1sc2c(s1)C(=O)c1ccccc1C2=O. The standard InChI is InChI=1S/C15H13NO2S2/c1-2-3-8-16-15-19-13-11(17)9-6-4-5-7-10(9)12(18)14(13)20-15/h4-7H,2-3,8H2,1H3. The first kappa shape index (κ1) is 13.4. The number of hydrogen-bond acceptors (Lipinski definition) is 5. The van der Waals surface area contributed by atoms with Crippen molar-refractivity contribution in [2.75, 3.05) is 6.54 Å².